The zero-order valence-corrected chi connectivity index (χ0v) is 8.49. The normalized spacial score (nSPS) is 11.2. The molecule has 0 radical (unpaired) electrons. The van der Waals surface area contributed by atoms with Gasteiger partial charge >= 0.3 is 6.18 Å². The smallest absolute Gasteiger partial charge is 0.166 e. The molecule has 0 atom stereocenters. The molecule has 0 saturated heterocycles. The summed E-state index contributed by atoms with van der Waals surface area (Å²) in [6.07, 6.45) is -3.01. The van der Waals surface area contributed by atoms with Gasteiger partial charge in [0, 0.05) is 5.02 Å². The van der Waals surface area contributed by atoms with Gasteiger partial charge in [-0.15, -0.1) is 0 Å². The van der Waals surface area contributed by atoms with Crippen LogP contribution < -0.4 is 0 Å². The van der Waals surface area contributed by atoms with Crippen LogP contribution in [-0.2, 0) is 0 Å². The van der Waals surface area contributed by atoms with Gasteiger partial charge in [-0.2, -0.15) is 13.2 Å². The SMILES string of the molecule is C=Cc1cc(Cl)cc(C(=C)C(F)(F)F)c1. The maximum Gasteiger partial charge on any atom is 0.416 e. The third kappa shape index (κ3) is 2.86. The summed E-state index contributed by atoms with van der Waals surface area (Å²) in [7, 11) is 0. The van der Waals surface area contributed by atoms with Crippen molar-refractivity contribution in [1.29, 1.82) is 0 Å². The van der Waals surface area contributed by atoms with Crippen LogP contribution >= 0.6 is 11.6 Å². The molecule has 0 N–H and O–H groups in total. The Labute approximate surface area is 90.7 Å². The molecule has 0 aliphatic heterocycles. The van der Waals surface area contributed by atoms with Gasteiger partial charge < -0.3 is 0 Å². The first-order chi connectivity index (χ1) is 6.84. The molecular formula is C11H8ClF3. The number of halogens is 4. The first kappa shape index (κ1) is 11.9. The highest BCUT2D eigenvalue weighted by Crippen LogP contribution is 2.33. The predicted molar refractivity (Wildman–Crippen MR) is 56.6 cm³/mol. The highest BCUT2D eigenvalue weighted by Gasteiger charge is 2.32. The van der Waals surface area contributed by atoms with Crippen LogP contribution in [0.3, 0.4) is 0 Å². The van der Waals surface area contributed by atoms with Gasteiger partial charge in [0.2, 0.25) is 0 Å². The zero-order chi connectivity index (χ0) is 11.6. The molecule has 0 spiro atoms. The Bertz CT molecular complexity index is 405. The zero-order valence-electron chi connectivity index (χ0n) is 7.74. The van der Waals surface area contributed by atoms with E-state index >= 15 is 0 Å². The van der Waals surface area contributed by atoms with Crippen LogP contribution in [0.1, 0.15) is 11.1 Å². The third-order valence-electron chi connectivity index (χ3n) is 1.85. The van der Waals surface area contributed by atoms with Crippen molar-refractivity contribution in [2.45, 2.75) is 6.18 Å². The molecule has 1 aromatic carbocycles. The minimum Gasteiger partial charge on any atom is -0.166 e. The molecule has 0 saturated carbocycles. The second-order valence-electron chi connectivity index (χ2n) is 2.95. The largest absolute Gasteiger partial charge is 0.416 e. The van der Waals surface area contributed by atoms with Gasteiger partial charge in [0.1, 0.15) is 0 Å². The van der Waals surface area contributed by atoms with E-state index in [1.165, 1.54) is 24.3 Å². The lowest BCUT2D eigenvalue weighted by Gasteiger charge is -2.11. The van der Waals surface area contributed by atoms with Crippen LogP contribution in [0, 0.1) is 0 Å². The lowest BCUT2D eigenvalue weighted by Crippen LogP contribution is -2.09. The molecule has 80 valence electrons. The molecule has 0 aromatic heterocycles. The molecular weight excluding hydrogens is 225 g/mol. The molecule has 0 amide bonds. The average molecular weight is 233 g/mol. The van der Waals surface area contributed by atoms with E-state index in [4.69, 9.17) is 11.6 Å². The first-order valence-electron chi connectivity index (χ1n) is 4.04. The molecule has 0 aliphatic rings. The summed E-state index contributed by atoms with van der Waals surface area (Å²) in [5.74, 6) is 0. The van der Waals surface area contributed by atoms with Crippen LogP contribution in [0.4, 0.5) is 13.2 Å². The number of hydrogen-bond donors (Lipinski definition) is 0. The molecule has 0 bridgehead atoms. The van der Waals surface area contributed by atoms with E-state index in [0.717, 1.165) is 0 Å². The van der Waals surface area contributed by atoms with Gasteiger partial charge in [-0.25, -0.2) is 0 Å². The van der Waals surface area contributed by atoms with E-state index < -0.39 is 11.7 Å². The van der Waals surface area contributed by atoms with Crippen molar-refractivity contribution in [1.82, 2.24) is 0 Å². The molecule has 0 nitrogen and oxygen atoms in total. The van der Waals surface area contributed by atoms with Crippen LogP contribution in [0.5, 0.6) is 0 Å². The van der Waals surface area contributed by atoms with Crippen molar-refractivity contribution >= 4 is 23.3 Å². The van der Waals surface area contributed by atoms with Gasteiger partial charge in [-0.05, 0) is 29.3 Å². The summed E-state index contributed by atoms with van der Waals surface area (Å²) in [5.41, 5.74) is -0.416. The van der Waals surface area contributed by atoms with Gasteiger partial charge in [0.25, 0.3) is 0 Å². The summed E-state index contributed by atoms with van der Waals surface area (Å²) < 4.78 is 37.0. The van der Waals surface area contributed by atoms with Crippen LogP contribution in [0.25, 0.3) is 11.6 Å². The molecule has 1 aromatic rings. The summed E-state index contributed by atoms with van der Waals surface area (Å²) in [5, 5.41) is 0.229. The minimum absolute atomic E-state index is 0.0371. The standard InChI is InChI=1S/C11H8ClF3/c1-3-8-4-9(6-10(12)5-8)7(2)11(13,14)15/h3-6H,1-2H2. The predicted octanol–water partition coefficient (Wildman–Crippen LogP) is 4.56. The van der Waals surface area contributed by atoms with Gasteiger partial charge in [-0.3, -0.25) is 0 Å². The van der Waals surface area contributed by atoms with Crippen LogP contribution in [0.2, 0.25) is 5.02 Å². The number of rotatable bonds is 2. The van der Waals surface area contributed by atoms with E-state index in [1.54, 1.807) is 0 Å². The van der Waals surface area contributed by atoms with E-state index in [9.17, 15) is 13.2 Å². The molecule has 15 heavy (non-hydrogen) atoms. The maximum absolute atomic E-state index is 12.3. The fraction of sp³-hybridized carbons (Fsp3) is 0.0909. The highest BCUT2D eigenvalue weighted by molar-refractivity contribution is 6.30. The number of hydrogen-bond acceptors (Lipinski definition) is 0. The first-order valence-corrected chi connectivity index (χ1v) is 4.42. The molecule has 0 heterocycles. The van der Waals surface area contributed by atoms with Crippen molar-refractivity contribution < 1.29 is 13.2 Å². The number of benzene rings is 1. The minimum atomic E-state index is -4.44. The Hall–Kier alpha value is -1.22. The fourth-order valence-electron chi connectivity index (χ4n) is 1.07. The number of allylic oxidation sites excluding steroid dienone is 1. The van der Waals surface area contributed by atoms with Crippen LogP contribution in [-0.4, -0.2) is 6.18 Å². The fourth-order valence-corrected chi connectivity index (χ4v) is 1.31. The molecule has 0 unspecified atom stereocenters. The Kier molecular flexibility index (Phi) is 3.25. The van der Waals surface area contributed by atoms with Crippen molar-refractivity contribution in [2.75, 3.05) is 0 Å². The Morgan fingerprint density at radius 1 is 1.27 bits per heavy atom. The summed E-state index contributed by atoms with van der Waals surface area (Å²) >= 11 is 5.67. The second-order valence-corrected chi connectivity index (χ2v) is 3.39. The third-order valence-corrected chi connectivity index (χ3v) is 2.06. The quantitative estimate of drug-likeness (QED) is 0.701. The maximum atomic E-state index is 12.3. The van der Waals surface area contributed by atoms with Crippen molar-refractivity contribution in [3.05, 3.63) is 47.5 Å². The lowest BCUT2D eigenvalue weighted by atomic mass is 10.0. The van der Waals surface area contributed by atoms with E-state index in [0.29, 0.717) is 5.56 Å². The average Bonchev–Trinajstić information content (AvgIpc) is 2.14. The van der Waals surface area contributed by atoms with Crippen LogP contribution in [0.15, 0.2) is 31.4 Å². The second kappa shape index (κ2) is 4.11. The van der Waals surface area contributed by atoms with Crippen molar-refractivity contribution in [3.8, 4) is 0 Å². The Morgan fingerprint density at radius 2 is 1.87 bits per heavy atom. The molecule has 0 aliphatic carbocycles. The monoisotopic (exact) mass is 232 g/mol. The van der Waals surface area contributed by atoms with Crippen molar-refractivity contribution in [3.63, 3.8) is 0 Å². The van der Waals surface area contributed by atoms with E-state index in [2.05, 4.69) is 13.2 Å². The lowest BCUT2D eigenvalue weighted by molar-refractivity contribution is -0.0686. The van der Waals surface area contributed by atoms with Gasteiger partial charge in [-0.1, -0.05) is 30.8 Å². The van der Waals surface area contributed by atoms with Gasteiger partial charge in [0.15, 0.2) is 0 Å². The van der Waals surface area contributed by atoms with Gasteiger partial charge in [0.05, 0.1) is 5.57 Å². The molecule has 4 heteroatoms. The summed E-state index contributed by atoms with van der Waals surface area (Å²) in [6.45, 7) is 6.46. The molecule has 0 fully saturated rings. The van der Waals surface area contributed by atoms with E-state index in [-0.39, 0.29) is 10.6 Å². The molecule has 1 rings (SSSR count). The Morgan fingerprint density at radius 3 is 2.33 bits per heavy atom. The highest BCUT2D eigenvalue weighted by atomic mass is 35.5. The summed E-state index contributed by atoms with van der Waals surface area (Å²) in [4.78, 5) is 0. The Balaban J connectivity index is 3.21. The summed E-state index contributed by atoms with van der Waals surface area (Å²) in [6, 6.07) is 4.10. The topological polar surface area (TPSA) is 0 Å². The number of alkyl halides is 3. The van der Waals surface area contributed by atoms with Crippen molar-refractivity contribution in [2.24, 2.45) is 0 Å². The van der Waals surface area contributed by atoms with E-state index in [1.807, 2.05) is 0 Å².